The van der Waals surface area contributed by atoms with Crippen LogP contribution in [0.3, 0.4) is 0 Å². The molecule has 0 amide bonds. The highest BCUT2D eigenvalue weighted by molar-refractivity contribution is 5.89. The lowest BCUT2D eigenvalue weighted by Gasteiger charge is -2.28. The molecular weight excluding hydrogens is 212 g/mol. The van der Waals surface area contributed by atoms with Crippen molar-refractivity contribution in [3.05, 3.63) is 30.5 Å². The van der Waals surface area contributed by atoms with Gasteiger partial charge < -0.3 is 5.43 Å². The van der Waals surface area contributed by atoms with Gasteiger partial charge in [0.25, 0.3) is 0 Å². The summed E-state index contributed by atoms with van der Waals surface area (Å²) < 4.78 is 0. The van der Waals surface area contributed by atoms with Crippen molar-refractivity contribution in [2.24, 2.45) is 0 Å². The van der Waals surface area contributed by atoms with E-state index in [0.717, 1.165) is 29.7 Å². The molecule has 1 saturated heterocycles. The molecular formula is C13H16N4. The van der Waals surface area contributed by atoms with Crippen LogP contribution in [0.5, 0.6) is 0 Å². The van der Waals surface area contributed by atoms with Crippen LogP contribution in [-0.4, -0.2) is 28.3 Å². The van der Waals surface area contributed by atoms with Gasteiger partial charge in [-0.25, -0.2) is 5.01 Å². The number of nitrogens with one attached hydrogen (secondary N) is 1. The minimum Gasteiger partial charge on any atom is -0.317 e. The van der Waals surface area contributed by atoms with Crippen molar-refractivity contribution in [3.8, 4) is 0 Å². The van der Waals surface area contributed by atoms with Crippen LogP contribution in [0.1, 0.15) is 19.3 Å². The topological polar surface area (TPSA) is 41.0 Å². The summed E-state index contributed by atoms with van der Waals surface area (Å²) in [6.07, 6.45) is 5.68. The molecule has 0 unspecified atom stereocenters. The molecule has 1 aromatic heterocycles. The normalized spacial score (nSPS) is 17.2. The average Bonchev–Trinajstić information content (AvgIpc) is 2.40. The molecule has 0 radical (unpaired) electrons. The Labute approximate surface area is 101 Å². The van der Waals surface area contributed by atoms with Crippen LogP contribution in [0.15, 0.2) is 30.5 Å². The lowest BCUT2D eigenvalue weighted by atomic mass is 10.1. The Balaban J connectivity index is 1.89. The van der Waals surface area contributed by atoms with Crippen LogP contribution in [0.25, 0.3) is 10.9 Å². The summed E-state index contributed by atoms with van der Waals surface area (Å²) in [5, 5.41) is 11.6. The van der Waals surface area contributed by atoms with E-state index < -0.39 is 0 Å². The molecule has 4 nitrogen and oxygen atoms in total. The molecule has 0 saturated carbocycles. The molecule has 88 valence electrons. The third-order valence-electron chi connectivity index (χ3n) is 3.18. The monoisotopic (exact) mass is 228 g/mol. The first kappa shape index (κ1) is 10.5. The minimum atomic E-state index is 0.939. The zero-order valence-electron chi connectivity index (χ0n) is 9.76. The first-order valence-electron chi connectivity index (χ1n) is 6.15. The first-order chi connectivity index (χ1) is 8.43. The maximum atomic E-state index is 4.13. The van der Waals surface area contributed by atoms with E-state index in [4.69, 9.17) is 0 Å². The largest absolute Gasteiger partial charge is 0.317 e. The van der Waals surface area contributed by atoms with Gasteiger partial charge in [-0.3, -0.25) is 0 Å². The van der Waals surface area contributed by atoms with E-state index in [1.54, 1.807) is 6.20 Å². The first-order valence-corrected chi connectivity index (χ1v) is 6.15. The van der Waals surface area contributed by atoms with Gasteiger partial charge in [0.15, 0.2) is 0 Å². The van der Waals surface area contributed by atoms with E-state index in [1.807, 2.05) is 18.2 Å². The number of hydrazine groups is 1. The van der Waals surface area contributed by atoms with E-state index in [2.05, 4.69) is 26.7 Å². The summed E-state index contributed by atoms with van der Waals surface area (Å²) in [4.78, 5) is 0. The van der Waals surface area contributed by atoms with Gasteiger partial charge in [-0.05, 0) is 18.9 Å². The second-order valence-electron chi connectivity index (χ2n) is 4.43. The number of rotatable bonds is 2. The molecule has 0 spiro atoms. The van der Waals surface area contributed by atoms with Crippen molar-refractivity contribution in [3.63, 3.8) is 0 Å². The predicted molar refractivity (Wildman–Crippen MR) is 68.6 cm³/mol. The lowest BCUT2D eigenvalue weighted by Crippen LogP contribution is -2.34. The van der Waals surface area contributed by atoms with Gasteiger partial charge in [-0.1, -0.05) is 24.6 Å². The molecule has 1 fully saturated rings. The Bertz CT molecular complexity index is 500. The van der Waals surface area contributed by atoms with Crippen LogP contribution in [0.4, 0.5) is 5.69 Å². The fraction of sp³-hybridized carbons (Fsp3) is 0.385. The Kier molecular flexibility index (Phi) is 2.88. The number of anilines is 1. The second kappa shape index (κ2) is 4.67. The average molecular weight is 228 g/mol. The molecule has 1 aromatic carbocycles. The molecule has 0 aliphatic carbocycles. The number of fused-ring (bicyclic) bond motifs is 1. The Morgan fingerprint density at radius 3 is 2.76 bits per heavy atom. The van der Waals surface area contributed by atoms with Crippen molar-refractivity contribution in [1.82, 2.24) is 15.2 Å². The molecule has 4 heteroatoms. The predicted octanol–water partition coefficient (Wildman–Crippen LogP) is 2.44. The van der Waals surface area contributed by atoms with Crippen molar-refractivity contribution in [1.29, 1.82) is 0 Å². The third-order valence-corrected chi connectivity index (χ3v) is 3.18. The number of nitrogens with zero attached hydrogens (tertiary/aromatic N) is 3. The van der Waals surface area contributed by atoms with E-state index in [9.17, 15) is 0 Å². The zero-order chi connectivity index (χ0) is 11.5. The summed E-state index contributed by atoms with van der Waals surface area (Å²) >= 11 is 0. The van der Waals surface area contributed by atoms with Gasteiger partial charge in [-0.2, -0.15) is 10.2 Å². The molecule has 17 heavy (non-hydrogen) atoms. The van der Waals surface area contributed by atoms with Crippen molar-refractivity contribution >= 4 is 16.6 Å². The highest BCUT2D eigenvalue weighted by Crippen LogP contribution is 2.21. The second-order valence-corrected chi connectivity index (χ2v) is 4.43. The number of aromatic nitrogens is 2. The molecule has 3 rings (SSSR count). The van der Waals surface area contributed by atoms with Gasteiger partial charge in [0, 0.05) is 18.5 Å². The maximum absolute atomic E-state index is 4.13. The quantitative estimate of drug-likeness (QED) is 0.857. The summed E-state index contributed by atoms with van der Waals surface area (Å²) in [6.45, 7) is 2.22. The number of hydrogen-bond donors (Lipinski definition) is 1. The molecule has 1 aliphatic heterocycles. The van der Waals surface area contributed by atoms with Crippen molar-refractivity contribution < 1.29 is 0 Å². The zero-order valence-corrected chi connectivity index (χ0v) is 9.76. The van der Waals surface area contributed by atoms with E-state index in [0.29, 0.717) is 0 Å². The number of benzene rings is 1. The van der Waals surface area contributed by atoms with Gasteiger partial charge in [-0.15, -0.1) is 0 Å². The summed E-state index contributed by atoms with van der Waals surface area (Å²) in [5.41, 5.74) is 5.45. The van der Waals surface area contributed by atoms with Gasteiger partial charge >= 0.3 is 0 Å². The van der Waals surface area contributed by atoms with Gasteiger partial charge in [0.2, 0.25) is 0 Å². The Morgan fingerprint density at radius 1 is 1.06 bits per heavy atom. The molecule has 0 bridgehead atoms. The molecule has 0 atom stereocenters. The van der Waals surface area contributed by atoms with Gasteiger partial charge in [0.05, 0.1) is 17.4 Å². The summed E-state index contributed by atoms with van der Waals surface area (Å²) in [7, 11) is 0. The molecule has 1 aliphatic rings. The Morgan fingerprint density at radius 2 is 1.88 bits per heavy atom. The van der Waals surface area contributed by atoms with Crippen LogP contribution in [0, 0.1) is 0 Å². The summed E-state index contributed by atoms with van der Waals surface area (Å²) in [6, 6.07) is 8.09. The fourth-order valence-electron chi connectivity index (χ4n) is 2.27. The number of hydrogen-bond acceptors (Lipinski definition) is 4. The van der Waals surface area contributed by atoms with Gasteiger partial charge in [0.1, 0.15) is 0 Å². The molecule has 2 heterocycles. The maximum Gasteiger partial charge on any atom is 0.0950 e. The third kappa shape index (κ3) is 2.22. The highest BCUT2D eigenvalue weighted by Gasteiger charge is 2.11. The lowest BCUT2D eigenvalue weighted by molar-refractivity contribution is 0.273. The van der Waals surface area contributed by atoms with E-state index >= 15 is 0 Å². The van der Waals surface area contributed by atoms with E-state index in [-0.39, 0.29) is 0 Å². The molecule has 2 aromatic rings. The van der Waals surface area contributed by atoms with Crippen LogP contribution < -0.4 is 5.43 Å². The van der Waals surface area contributed by atoms with Crippen LogP contribution in [-0.2, 0) is 0 Å². The minimum absolute atomic E-state index is 0.939. The smallest absolute Gasteiger partial charge is 0.0950 e. The van der Waals surface area contributed by atoms with E-state index in [1.165, 1.54) is 19.3 Å². The van der Waals surface area contributed by atoms with Crippen LogP contribution in [0.2, 0.25) is 0 Å². The summed E-state index contributed by atoms with van der Waals surface area (Å²) in [5.74, 6) is 0. The van der Waals surface area contributed by atoms with Crippen LogP contribution >= 0.6 is 0 Å². The SMILES string of the molecule is c1ccc2c(NN3CCCCC3)cnnc2c1. The number of piperidine rings is 1. The van der Waals surface area contributed by atoms with Crippen molar-refractivity contribution in [2.45, 2.75) is 19.3 Å². The Hall–Kier alpha value is -1.68. The van der Waals surface area contributed by atoms with Crippen molar-refractivity contribution in [2.75, 3.05) is 18.5 Å². The molecule has 1 N–H and O–H groups in total. The highest BCUT2D eigenvalue weighted by atomic mass is 15.5. The fourth-order valence-corrected chi connectivity index (χ4v) is 2.27. The standard InChI is InChI=1S/C13H16N4/c1-4-8-17(9-5-1)16-13-10-14-15-12-7-3-2-6-11(12)13/h2-3,6-7,10H,1,4-5,8-9H2,(H,15,16).